The SMILES string of the molecule is CNCc1ccc(Nc2cc(S(=O)(=O)O)c(N)c3c2C(=O)c2ccccc2C3=O)cc1. The minimum atomic E-state index is -4.75. The fourth-order valence-corrected chi connectivity index (χ4v) is 4.32. The van der Waals surface area contributed by atoms with Crippen LogP contribution in [0, 0.1) is 0 Å². The molecule has 8 nitrogen and oxygen atoms in total. The molecule has 0 bridgehead atoms. The molecule has 1 aliphatic carbocycles. The highest BCUT2D eigenvalue weighted by atomic mass is 32.2. The molecule has 0 aliphatic heterocycles. The van der Waals surface area contributed by atoms with Gasteiger partial charge in [0.15, 0.2) is 11.6 Å². The Labute approximate surface area is 178 Å². The van der Waals surface area contributed by atoms with Crippen LogP contribution in [0.15, 0.2) is 59.5 Å². The average molecular weight is 437 g/mol. The third-order valence-electron chi connectivity index (χ3n) is 5.09. The summed E-state index contributed by atoms with van der Waals surface area (Å²) in [5.74, 6) is -1.05. The molecule has 158 valence electrons. The quantitative estimate of drug-likeness (QED) is 0.276. The Morgan fingerprint density at radius 2 is 1.52 bits per heavy atom. The van der Waals surface area contributed by atoms with Crippen LogP contribution in [0.3, 0.4) is 0 Å². The van der Waals surface area contributed by atoms with E-state index >= 15 is 0 Å². The van der Waals surface area contributed by atoms with Crippen LogP contribution in [-0.2, 0) is 16.7 Å². The minimum Gasteiger partial charge on any atom is -0.397 e. The number of hydrogen-bond donors (Lipinski definition) is 4. The molecule has 0 amide bonds. The van der Waals surface area contributed by atoms with E-state index in [4.69, 9.17) is 5.73 Å². The maximum atomic E-state index is 13.2. The van der Waals surface area contributed by atoms with Gasteiger partial charge in [-0.15, -0.1) is 0 Å². The van der Waals surface area contributed by atoms with Gasteiger partial charge in [0.25, 0.3) is 10.1 Å². The number of hydrogen-bond acceptors (Lipinski definition) is 7. The summed E-state index contributed by atoms with van der Waals surface area (Å²) in [7, 11) is -2.93. The number of benzene rings is 3. The van der Waals surface area contributed by atoms with Crippen molar-refractivity contribution in [3.05, 3.63) is 82.4 Å². The van der Waals surface area contributed by atoms with E-state index < -0.39 is 32.3 Å². The highest BCUT2D eigenvalue weighted by Crippen LogP contribution is 2.40. The van der Waals surface area contributed by atoms with E-state index in [9.17, 15) is 22.6 Å². The first-order valence-corrected chi connectivity index (χ1v) is 10.8. The number of rotatable bonds is 5. The topological polar surface area (TPSA) is 139 Å². The zero-order valence-electron chi connectivity index (χ0n) is 16.5. The molecule has 0 saturated heterocycles. The van der Waals surface area contributed by atoms with Crippen molar-refractivity contribution in [3.8, 4) is 0 Å². The molecule has 3 aromatic carbocycles. The molecule has 5 N–H and O–H groups in total. The molecule has 3 aromatic rings. The molecule has 0 saturated carbocycles. The molecule has 9 heteroatoms. The Morgan fingerprint density at radius 1 is 0.935 bits per heavy atom. The second kappa shape index (κ2) is 7.62. The number of ketones is 2. The van der Waals surface area contributed by atoms with Crippen molar-refractivity contribution in [2.75, 3.05) is 18.1 Å². The molecule has 0 radical (unpaired) electrons. The van der Waals surface area contributed by atoms with Crippen molar-refractivity contribution >= 4 is 38.7 Å². The van der Waals surface area contributed by atoms with Gasteiger partial charge in [0, 0.05) is 23.4 Å². The van der Waals surface area contributed by atoms with Crippen LogP contribution in [-0.4, -0.2) is 31.6 Å². The van der Waals surface area contributed by atoms with Crippen molar-refractivity contribution in [2.24, 2.45) is 0 Å². The minimum absolute atomic E-state index is 0.0344. The second-order valence-electron chi connectivity index (χ2n) is 7.12. The van der Waals surface area contributed by atoms with Crippen LogP contribution in [0.2, 0.25) is 0 Å². The van der Waals surface area contributed by atoms with Crippen LogP contribution in [0.25, 0.3) is 0 Å². The Balaban J connectivity index is 1.93. The number of carbonyl (C=O) groups is 2. The van der Waals surface area contributed by atoms with E-state index in [0.29, 0.717) is 12.2 Å². The largest absolute Gasteiger partial charge is 0.397 e. The lowest BCUT2D eigenvalue weighted by Crippen LogP contribution is -2.25. The summed E-state index contributed by atoms with van der Waals surface area (Å²) in [5, 5.41) is 6.03. The predicted molar refractivity (Wildman–Crippen MR) is 116 cm³/mol. The van der Waals surface area contributed by atoms with Gasteiger partial charge in [0.05, 0.1) is 22.5 Å². The lowest BCUT2D eigenvalue weighted by Gasteiger charge is -2.23. The molecular formula is C22H19N3O5S. The van der Waals surface area contributed by atoms with Crippen molar-refractivity contribution in [2.45, 2.75) is 11.4 Å². The molecule has 0 spiro atoms. The van der Waals surface area contributed by atoms with Crippen molar-refractivity contribution < 1.29 is 22.6 Å². The van der Waals surface area contributed by atoms with Crippen LogP contribution in [0.5, 0.6) is 0 Å². The Bertz CT molecular complexity index is 1330. The van der Waals surface area contributed by atoms with Gasteiger partial charge in [-0.3, -0.25) is 14.1 Å². The van der Waals surface area contributed by atoms with Crippen LogP contribution in [0.4, 0.5) is 17.1 Å². The fourth-order valence-electron chi connectivity index (χ4n) is 3.67. The van der Waals surface area contributed by atoms with Crippen LogP contribution in [0.1, 0.15) is 37.4 Å². The normalized spacial score (nSPS) is 13.0. The van der Waals surface area contributed by atoms with Crippen molar-refractivity contribution in [1.82, 2.24) is 5.32 Å². The molecule has 0 fully saturated rings. The predicted octanol–water partition coefficient (Wildman–Crippen LogP) is 2.75. The number of nitrogen functional groups attached to an aromatic ring is 1. The Hall–Kier alpha value is -3.53. The van der Waals surface area contributed by atoms with E-state index in [1.54, 1.807) is 24.3 Å². The molecule has 0 atom stereocenters. The average Bonchev–Trinajstić information content (AvgIpc) is 2.73. The van der Waals surface area contributed by atoms with E-state index in [2.05, 4.69) is 10.6 Å². The van der Waals surface area contributed by atoms with E-state index in [1.807, 2.05) is 19.2 Å². The number of anilines is 3. The summed E-state index contributed by atoms with van der Waals surface area (Å²) in [6.07, 6.45) is 0. The summed E-state index contributed by atoms with van der Waals surface area (Å²) in [4.78, 5) is 25.7. The third kappa shape index (κ3) is 3.59. The molecule has 0 heterocycles. The molecule has 1 aliphatic rings. The summed E-state index contributed by atoms with van der Waals surface area (Å²) < 4.78 is 33.5. The molecular weight excluding hydrogens is 418 g/mol. The monoisotopic (exact) mass is 437 g/mol. The van der Waals surface area contributed by atoms with E-state index in [0.717, 1.165) is 11.6 Å². The second-order valence-corrected chi connectivity index (χ2v) is 8.51. The molecule has 4 rings (SSSR count). The maximum Gasteiger partial charge on any atom is 0.296 e. The van der Waals surface area contributed by atoms with Crippen LogP contribution >= 0.6 is 0 Å². The van der Waals surface area contributed by atoms with Gasteiger partial charge in [-0.05, 0) is 30.8 Å². The van der Waals surface area contributed by atoms with Gasteiger partial charge in [0.1, 0.15) is 4.90 Å². The Kier molecular flexibility index (Phi) is 5.10. The van der Waals surface area contributed by atoms with Crippen molar-refractivity contribution in [3.63, 3.8) is 0 Å². The first-order chi connectivity index (χ1) is 14.7. The van der Waals surface area contributed by atoms with Gasteiger partial charge in [0.2, 0.25) is 0 Å². The standard InChI is InChI=1S/C22H19N3O5S/c1-24-11-12-6-8-13(9-7-12)25-16-10-17(31(28,29)30)20(23)19-18(16)21(26)14-4-2-3-5-15(14)22(19)27/h2-10,24-25H,11,23H2,1H3,(H,28,29,30). The molecule has 0 aromatic heterocycles. The number of carbonyl (C=O) groups excluding carboxylic acids is 2. The number of nitrogens with one attached hydrogen (secondary N) is 2. The molecule has 0 unspecified atom stereocenters. The number of fused-ring (bicyclic) bond motifs is 2. The van der Waals surface area contributed by atoms with Gasteiger partial charge in [-0.2, -0.15) is 8.42 Å². The highest BCUT2D eigenvalue weighted by Gasteiger charge is 2.36. The lowest BCUT2D eigenvalue weighted by atomic mass is 9.82. The fraction of sp³-hybridized carbons (Fsp3) is 0.0909. The maximum absolute atomic E-state index is 13.2. The summed E-state index contributed by atoms with van der Waals surface area (Å²) in [6, 6.07) is 14.5. The zero-order chi connectivity index (χ0) is 22.3. The molecule has 31 heavy (non-hydrogen) atoms. The van der Waals surface area contributed by atoms with E-state index in [-0.39, 0.29) is 27.9 Å². The lowest BCUT2D eigenvalue weighted by molar-refractivity contribution is 0.0980. The van der Waals surface area contributed by atoms with Crippen molar-refractivity contribution in [1.29, 1.82) is 0 Å². The third-order valence-corrected chi connectivity index (χ3v) is 5.99. The first-order valence-electron chi connectivity index (χ1n) is 9.35. The Morgan fingerprint density at radius 3 is 2.06 bits per heavy atom. The van der Waals surface area contributed by atoms with Crippen LogP contribution < -0.4 is 16.4 Å². The van der Waals surface area contributed by atoms with Gasteiger partial charge < -0.3 is 16.4 Å². The zero-order valence-corrected chi connectivity index (χ0v) is 17.3. The smallest absolute Gasteiger partial charge is 0.296 e. The summed E-state index contributed by atoms with van der Waals surface area (Å²) in [5.41, 5.74) is 7.20. The van der Waals surface area contributed by atoms with Gasteiger partial charge in [-0.25, -0.2) is 0 Å². The van der Waals surface area contributed by atoms with Gasteiger partial charge >= 0.3 is 0 Å². The summed E-state index contributed by atoms with van der Waals surface area (Å²) in [6.45, 7) is 0.661. The number of nitrogens with two attached hydrogens (primary N) is 1. The highest BCUT2D eigenvalue weighted by molar-refractivity contribution is 7.86. The van der Waals surface area contributed by atoms with E-state index in [1.165, 1.54) is 12.1 Å². The first kappa shape index (κ1) is 20.7. The summed E-state index contributed by atoms with van der Waals surface area (Å²) >= 11 is 0. The van der Waals surface area contributed by atoms with Gasteiger partial charge in [-0.1, -0.05) is 36.4 Å².